The average Bonchev–Trinajstić information content (AvgIpc) is 2.96. The molecule has 0 aliphatic carbocycles. The Morgan fingerprint density at radius 3 is 2.88 bits per heavy atom. The van der Waals surface area contributed by atoms with Crippen molar-refractivity contribution in [2.45, 2.75) is 32.9 Å². The van der Waals surface area contributed by atoms with Gasteiger partial charge in [0.15, 0.2) is 0 Å². The van der Waals surface area contributed by atoms with Gasteiger partial charge in [-0.25, -0.2) is 13.8 Å². The zero-order chi connectivity index (χ0) is 19.3. The van der Waals surface area contributed by atoms with Crippen LogP contribution in [0.4, 0.5) is 14.6 Å². The Morgan fingerprint density at radius 2 is 2.27 bits per heavy atom. The molecular formula is C18H22F2N4O2. The van der Waals surface area contributed by atoms with Gasteiger partial charge in [0.1, 0.15) is 5.82 Å². The molecule has 8 heteroatoms. The summed E-state index contributed by atoms with van der Waals surface area (Å²) in [5.74, 6) is 0.471. The van der Waals surface area contributed by atoms with Gasteiger partial charge in [0.05, 0.1) is 25.4 Å². The topological polar surface area (TPSA) is 77.8 Å². The van der Waals surface area contributed by atoms with E-state index in [1.807, 2.05) is 0 Å². The highest BCUT2D eigenvalue weighted by molar-refractivity contribution is 6.00. The van der Waals surface area contributed by atoms with Crippen LogP contribution in [0.5, 0.6) is 0 Å². The Kier molecular flexibility index (Phi) is 6.43. The first-order chi connectivity index (χ1) is 12.4. The number of carbonyl (C=O) groups is 1. The second-order valence-corrected chi connectivity index (χ2v) is 5.95. The number of nitrogens with one attached hydrogen (secondary N) is 1. The maximum atomic E-state index is 12.8. The minimum Gasteiger partial charge on any atom is -0.515 e. The van der Waals surface area contributed by atoms with E-state index in [-0.39, 0.29) is 5.91 Å². The van der Waals surface area contributed by atoms with Gasteiger partial charge in [-0.05, 0) is 37.1 Å². The zero-order valence-electron chi connectivity index (χ0n) is 14.9. The SMILES string of the molecule is CNc1nccc2c1CN(C(C)C(/C=N\CC(F)F)=C/C(C)=C/O)C2=O. The number of amides is 1. The van der Waals surface area contributed by atoms with E-state index in [1.165, 1.54) is 6.21 Å². The minimum absolute atomic E-state index is 0.162. The van der Waals surface area contributed by atoms with Gasteiger partial charge in [-0.1, -0.05) is 0 Å². The summed E-state index contributed by atoms with van der Waals surface area (Å²) >= 11 is 0. The summed E-state index contributed by atoms with van der Waals surface area (Å²) in [4.78, 5) is 22.3. The second kappa shape index (κ2) is 8.55. The van der Waals surface area contributed by atoms with Crippen LogP contribution in [0.15, 0.2) is 40.7 Å². The summed E-state index contributed by atoms with van der Waals surface area (Å²) in [5, 5.41) is 12.1. The molecule has 1 aliphatic rings. The third kappa shape index (κ3) is 4.25. The highest BCUT2D eigenvalue weighted by Gasteiger charge is 2.33. The Morgan fingerprint density at radius 1 is 1.54 bits per heavy atom. The number of carbonyl (C=O) groups excluding carboxylic acids is 1. The maximum Gasteiger partial charge on any atom is 0.257 e. The van der Waals surface area contributed by atoms with Gasteiger partial charge in [0.2, 0.25) is 0 Å². The number of pyridine rings is 1. The lowest BCUT2D eigenvalue weighted by Gasteiger charge is -2.25. The molecule has 0 saturated carbocycles. The molecule has 0 saturated heterocycles. The van der Waals surface area contributed by atoms with Crippen LogP contribution in [-0.4, -0.2) is 53.2 Å². The van der Waals surface area contributed by atoms with E-state index in [2.05, 4.69) is 15.3 Å². The molecular weight excluding hydrogens is 342 g/mol. The van der Waals surface area contributed by atoms with Crippen molar-refractivity contribution in [3.8, 4) is 0 Å². The molecule has 1 aromatic rings. The molecule has 0 spiro atoms. The average molecular weight is 364 g/mol. The van der Waals surface area contributed by atoms with E-state index in [0.717, 1.165) is 11.8 Å². The molecule has 26 heavy (non-hydrogen) atoms. The van der Waals surface area contributed by atoms with Crippen LogP contribution >= 0.6 is 0 Å². The molecule has 1 aromatic heterocycles. The number of aromatic nitrogens is 1. The van der Waals surface area contributed by atoms with E-state index in [0.29, 0.717) is 29.1 Å². The van der Waals surface area contributed by atoms with E-state index < -0.39 is 19.0 Å². The number of alkyl halides is 2. The third-order valence-electron chi connectivity index (χ3n) is 4.14. The summed E-state index contributed by atoms with van der Waals surface area (Å²) in [7, 11) is 1.73. The van der Waals surface area contributed by atoms with E-state index >= 15 is 0 Å². The van der Waals surface area contributed by atoms with Crippen LogP contribution in [0.1, 0.15) is 29.8 Å². The van der Waals surface area contributed by atoms with Crippen molar-refractivity contribution >= 4 is 17.9 Å². The first-order valence-corrected chi connectivity index (χ1v) is 8.16. The molecule has 1 aliphatic heterocycles. The number of rotatable bonds is 7. The Labute approximate surface area is 151 Å². The number of aliphatic hydroxyl groups is 1. The maximum absolute atomic E-state index is 12.8. The standard InChI is InChI=1S/C18H22F2N4O2/c1-11(10-25)6-13(7-22-8-16(19)20)12(2)24-9-15-14(18(24)26)4-5-23-17(15)21-3/h4-7,10,12,16,25H,8-9H2,1-3H3,(H,21,23)/b11-10+,13-6+,22-7-. The highest BCUT2D eigenvalue weighted by atomic mass is 19.3. The van der Waals surface area contributed by atoms with E-state index in [1.54, 1.807) is 44.1 Å². The highest BCUT2D eigenvalue weighted by Crippen LogP contribution is 2.30. The van der Waals surface area contributed by atoms with Crippen LogP contribution in [-0.2, 0) is 6.54 Å². The number of aliphatic imine (C=N–C) groups is 1. The Bertz CT molecular complexity index is 760. The summed E-state index contributed by atoms with van der Waals surface area (Å²) in [6.45, 7) is 3.19. The van der Waals surface area contributed by atoms with Crippen molar-refractivity contribution in [2.24, 2.45) is 4.99 Å². The van der Waals surface area contributed by atoms with Crippen LogP contribution in [0, 0.1) is 0 Å². The molecule has 140 valence electrons. The number of halogens is 2. The summed E-state index contributed by atoms with van der Waals surface area (Å²) in [5.41, 5.74) is 2.44. The molecule has 2 rings (SSSR count). The number of hydrogen-bond acceptors (Lipinski definition) is 5. The number of aliphatic hydroxyl groups excluding tert-OH is 1. The number of anilines is 1. The fourth-order valence-corrected chi connectivity index (χ4v) is 2.76. The van der Waals surface area contributed by atoms with E-state index in [4.69, 9.17) is 5.11 Å². The molecule has 0 radical (unpaired) electrons. The summed E-state index contributed by atoms with van der Waals surface area (Å²) < 4.78 is 24.8. The van der Waals surface area contributed by atoms with Gasteiger partial charge in [0.25, 0.3) is 12.3 Å². The molecule has 6 nitrogen and oxygen atoms in total. The smallest absolute Gasteiger partial charge is 0.257 e. The van der Waals surface area contributed by atoms with Crippen LogP contribution in [0.25, 0.3) is 0 Å². The van der Waals surface area contributed by atoms with Crippen LogP contribution in [0.2, 0.25) is 0 Å². The first-order valence-electron chi connectivity index (χ1n) is 8.16. The van der Waals surface area contributed by atoms with Crippen molar-refractivity contribution in [1.82, 2.24) is 9.88 Å². The molecule has 0 aromatic carbocycles. The molecule has 1 amide bonds. The zero-order valence-corrected chi connectivity index (χ0v) is 14.9. The van der Waals surface area contributed by atoms with Gasteiger partial charge >= 0.3 is 0 Å². The lowest BCUT2D eigenvalue weighted by molar-refractivity contribution is 0.0745. The number of nitrogens with zero attached hydrogens (tertiary/aromatic N) is 3. The predicted octanol–water partition coefficient (Wildman–Crippen LogP) is 3.19. The van der Waals surface area contributed by atoms with Gasteiger partial charge in [0, 0.05) is 30.6 Å². The minimum atomic E-state index is -2.54. The molecule has 1 atom stereocenters. The molecule has 1 unspecified atom stereocenters. The lowest BCUT2D eigenvalue weighted by Crippen LogP contribution is -2.35. The Hall–Kier alpha value is -2.77. The quantitative estimate of drug-likeness (QED) is 0.442. The van der Waals surface area contributed by atoms with Crippen LogP contribution < -0.4 is 5.32 Å². The monoisotopic (exact) mass is 364 g/mol. The number of hydrogen-bond donors (Lipinski definition) is 2. The fraction of sp³-hybridized carbons (Fsp3) is 0.389. The second-order valence-electron chi connectivity index (χ2n) is 5.95. The van der Waals surface area contributed by atoms with Crippen molar-refractivity contribution in [2.75, 3.05) is 18.9 Å². The molecule has 0 fully saturated rings. The largest absolute Gasteiger partial charge is 0.515 e. The first kappa shape index (κ1) is 19.6. The fourth-order valence-electron chi connectivity index (χ4n) is 2.76. The Balaban J connectivity index is 2.31. The van der Waals surface area contributed by atoms with Crippen molar-refractivity contribution in [3.05, 3.63) is 46.9 Å². The number of fused-ring (bicyclic) bond motifs is 1. The summed E-state index contributed by atoms with van der Waals surface area (Å²) in [6.07, 6.45) is 2.89. The summed E-state index contributed by atoms with van der Waals surface area (Å²) in [6, 6.07) is 1.24. The van der Waals surface area contributed by atoms with Crippen molar-refractivity contribution in [1.29, 1.82) is 0 Å². The molecule has 0 bridgehead atoms. The van der Waals surface area contributed by atoms with Gasteiger partial charge in [-0.2, -0.15) is 0 Å². The number of allylic oxidation sites excluding steroid dienone is 2. The lowest BCUT2D eigenvalue weighted by atomic mass is 10.1. The van der Waals surface area contributed by atoms with E-state index in [9.17, 15) is 13.6 Å². The molecule has 2 N–H and O–H groups in total. The third-order valence-corrected chi connectivity index (χ3v) is 4.14. The normalized spacial score (nSPS) is 16.5. The van der Waals surface area contributed by atoms with Gasteiger partial charge < -0.3 is 15.3 Å². The van der Waals surface area contributed by atoms with Gasteiger partial charge in [-0.15, -0.1) is 0 Å². The molecule has 2 heterocycles. The predicted molar refractivity (Wildman–Crippen MR) is 97.0 cm³/mol. The van der Waals surface area contributed by atoms with Crippen molar-refractivity contribution in [3.63, 3.8) is 0 Å². The van der Waals surface area contributed by atoms with Gasteiger partial charge in [-0.3, -0.25) is 9.79 Å². The van der Waals surface area contributed by atoms with Crippen LogP contribution in [0.3, 0.4) is 0 Å². The van der Waals surface area contributed by atoms with Crippen molar-refractivity contribution < 1.29 is 18.7 Å².